The molecule has 1 N–H and O–H groups in total. The molecule has 0 spiro atoms. The Balaban J connectivity index is 1.82. The predicted molar refractivity (Wildman–Crippen MR) is 121 cm³/mol. The molecule has 3 aromatic carbocycles. The number of rotatable bonds is 4. The standard InChI is InChI=1S/C24H18N4OS/c1-29-22-14-8-7-13-21(22)28-23(26-27-24(28)30)18-15-20(16-9-3-2-4-10-16)25-19-12-6-5-11-17(18)19/h2-15H,1H3,(H,27,30). The Kier molecular flexibility index (Phi) is 4.61. The van der Waals surface area contributed by atoms with Crippen molar-refractivity contribution in [3.8, 4) is 34.1 Å². The van der Waals surface area contributed by atoms with E-state index >= 15 is 0 Å². The summed E-state index contributed by atoms with van der Waals surface area (Å²) in [5.41, 5.74) is 4.59. The summed E-state index contributed by atoms with van der Waals surface area (Å²) in [5.74, 6) is 1.43. The van der Waals surface area contributed by atoms with Crippen molar-refractivity contribution < 1.29 is 4.74 Å². The van der Waals surface area contributed by atoms with Crippen LogP contribution in [0.2, 0.25) is 0 Å². The Morgan fingerprint density at radius 1 is 0.900 bits per heavy atom. The second-order valence-electron chi connectivity index (χ2n) is 6.80. The minimum Gasteiger partial charge on any atom is -0.495 e. The van der Waals surface area contributed by atoms with E-state index in [9.17, 15) is 0 Å². The van der Waals surface area contributed by atoms with Crippen LogP contribution in [0, 0.1) is 4.77 Å². The molecule has 0 aliphatic carbocycles. The van der Waals surface area contributed by atoms with Crippen LogP contribution in [-0.2, 0) is 0 Å². The van der Waals surface area contributed by atoms with Crippen molar-refractivity contribution in [1.82, 2.24) is 19.7 Å². The molecule has 0 amide bonds. The Morgan fingerprint density at radius 3 is 2.47 bits per heavy atom. The van der Waals surface area contributed by atoms with Crippen molar-refractivity contribution in [2.75, 3.05) is 7.11 Å². The maximum absolute atomic E-state index is 5.59. The number of ether oxygens (including phenoxy) is 1. The number of benzene rings is 3. The number of methoxy groups -OCH3 is 1. The third-order valence-electron chi connectivity index (χ3n) is 5.03. The monoisotopic (exact) mass is 410 g/mol. The molecule has 0 atom stereocenters. The minimum atomic E-state index is 0.497. The van der Waals surface area contributed by atoms with E-state index < -0.39 is 0 Å². The van der Waals surface area contributed by atoms with Crippen molar-refractivity contribution in [2.45, 2.75) is 0 Å². The highest BCUT2D eigenvalue weighted by Gasteiger charge is 2.18. The number of aromatic amines is 1. The fraction of sp³-hybridized carbons (Fsp3) is 0.0417. The van der Waals surface area contributed by atoms with Gasteiger partial charge in [0.05, 0.1) is 24.0 Å². The quantitative estimate of drug-likeness (QED) is 0.379. The van der Waals surface area contributed by atoms with E-state index in [0.717, 1.165) is 39.2 Å². The molecule has 5 nitrogen and oxygen atoms in total. The Morgan fingerprint density at radius 2 is 1.63 bits per heavy atom. The van der Waals surface area contributed by atoms with E-state index in [1.54, 1.807) is 7.11 Å². The molecule has 30 heavy (non-hydrogen) atoms. The zero-order valence-electron chi connectivity index (χ0n) is 16.2. The van der Waals surface area contributed by atoms with Crippen LogP contribution in [0.1, 0.15) is 0 Å². The van der Waals surface area contributed by atoms with Gasteiger partial charge in [-0.2, -0.15) is 5.10 Å². The molecule has 0 saturated carbocycles. The van der Waals surface area contributed by atoms with Crippen LogP contribution in [0.15, 0.2) is 84.9 Å². The molecule has 2 heterocycles. The Bertz CT molecular complexity index is 1410. The summed E-state index contributed by atoms with van der Waals surface area (Å²) in [6.45, 7) is 0. The second-order valence-corrected chi connectivity index (χ2v) is 7.18. The molecule has 0 saturated heterocycles. The normalized spacial score (nSPS) is 11.0. The highest BCUT2D eigenvalue weighted by atomic mass is 32.1. The molecule has 0 aliphatic rings. The topological polar surface area (TPSA) is 55.7 Å². The lowest BCUT2D eigenvalue weighted by atomic mass is 10.0. The second kappa shape index (κ2) is 7.57. The number of para-hydroxylation sites is 3. The lowest BCUT2D eigenvalue weighted by molar-refractivity contribution is 0.413. The molecule has 2 aromatic heterocycles. The third-order valence-corrected chi connectivity index (χ3v) is 5.30. The Labute approximate surface area is 178 Å². The van der Waals surface area contributed by atoms with Gasteiger partial charge in [0, 0.05) is 16.5 Å². The van der Waals surface area contributed by atoms with E-state index in [2.05, 4.69) is 34.5 Å². The molecular formula is C24H18N4OS. The number of H-pyrrole nitrogens is 1. The molecule has 0 aliphatic heterocycles. The third kappa shape index (κ3) is 3.07. The molecular weight excluding hydrogens is 392 g/mol. The zero-order valence-corrected chi connectivity index (χ0v) is 17.1. The number of pyridine rings is 1. The summed E-state index contributed by atoms with van der Waals surface area (Å²) in [4.78, 5) is 4.88. The van der Waals surface area contributed by atoms with Crippen molar-refractivity contribution in [2.24, 2.45) is 0 Å². The van der Waals surface area contributed by atoms with Crippen molar-refractivity contribution in [1.29, 1.82) is 0 Å². The van der Waals surface area contributed by atoms with Gasteiger partial charge >= 0.3 is 0 Å². The van der Waals surface area contributed by atoms with Gasteiger partial charge in [-0.25, -0.2) is 4.98 Å². The van der Waals surface area contributed by atoms with Gasteiger partial charge in [0.25, 0.3) is 0 Å². The summed E-state index contributed by atoms with van der Waals surface area (Å²) in [6, 6.07) is 28.0. The van der Waals surface area contributed by atoms with Gasteiger partial charge in [-0.15, -0.1) is 0 Å². The molecule has 5 rings (SSSR count). The fourth-order valence-electron chi connectivity index (χ4n) is 3.63. The fourth-order valence-corrected chi connectivity index (χ4v) is 3.86. The van der Waals surface area contributed by atoms with Crippen molar-refractivity contribution in [3.05, 3.63) is 89.7 Å². The number of nitrogens with zero attached hydrogens (tertiary/aromatic N) is 3. The molecule has 0 radical (unpaired) electrons. The van der Waals surface area contributed by atoms with Crippen LogP contribution in [-0.4, -0.2) is 26.9 Å². The van der Waals surface area contributed by atoms with E-state index in [-0.39, 0.29) is 0 Å². The lowest BCUT2D eigenvalue weighted by Crippen LogP contribution is -2.01. The number of hydrogen-bond acceptors (Lipinski definition) is 4. The molecule has 0 fully saturated rings. The van der Waals surface area contributed by atoms with Crippen molar-refractivity contribution in [3.63, 3.8) is 0 Å². The summed E-state index contributed by atoms with van der Waals surface area (Å²) in [5, 5.41) is 8.54. The molecule has 5 aromatic rings. The first-order valence-electron chi connectivity index (χ1n) is 9.52. The highest BCUT2D eigenvalue weighted by molar-refractivity contribution is 7.71. The van der Waals surface area contributed by atoms with E-state index in [4.69, 9.17) is 21.9 Å². The molecule has 0 bridgehead atoms. The lowest BCUT2D eigenvalue weighted by Gasteiger charge is -2.13. The van der Waals surface area contributed by atoms with Gasteiger partial charge < -0.3 is 4.74 Å². The molecule has 6 heteroatoms. The SMILES string of the molecule is COc1ccccc1-n1c(-c2cc(-c3ccccc3)nc3ccccc23)n[nH]c1=S. The smallest absolute Gasteiger partial charge is 0.200 e. The summed E-state index contributed by atoms with van der Waals surface area (Å²) >= 11 is 5.59. The van der Waals surface area contributed by atoms with Crippen LogP contribution in [0.4, 0.5) is 0 Å². The van der Waals surface area contributed by atoms with Gasteiger partial charge in [-0.05, 0) is 36.5 Å². The Hall–Kier alpha value is -3.77. The number of nitrogens with one attached hydrogen (secondary N) is 1. The summed E-state index contributed by atoms with van der Waals surface area (Å²) < 4.78 is 7.98. The van der Waals surface area contributed by atoms with Gasteiger partial charge in [0.15, 0.2) is 10.6 Å². The summed E-state index contributed by atoms with van der Waals surface area (Å²) in [6.07, 6.45) is 0. The van der Waals surface area contributed by atoms with Crippen LogP contribution < -0.4 is 4.74 Å². The number of hydrogen-bond donors (Lipinski definition) is 1. The maximum atomic E-state index is 5.59. The number of fused-ring (bicyclic) bond motifs is 1. The molecule has 0 unspecified atom stereocenters. The zero-order chi connectivity index (χ0) is 20.5. The average molecular weight is 411 g/mol. The van der Waals surface area contributed by atoms with Crippen LogP contribution in [0.3, 0.4) is 0 Å². The first-order chi connectivity index (χ1) is 14.8. The van der Waals surface area contributed by atoms with Gasteiger partial charge in [-0.1, -0.05) is 60.7 Å². The molecule has 146 valence electrons. The first kappa shape index (κ1) is 18.3. The van der Waals surface area contributed by atoms with Gasteiger partial charge in [-0.3, -0.25) is 9.67 Å². The van der Waals surface area contributed by atoms with Crippen LogP contribution in [0.5, 0.6) is 5.75 Å². The van der Waals surface area contributed by atoms with Gasteiger partial charge in [0.1, 0.15) is 5.75 Å². The van der Waals surface area contributed by atoms with Gasteiger partial charge in [0.2, 0.25) is 0 Å². The van der Waals surface area contributed by atoms with Crippen molar-refractivity contribution >= 4 is 23.1 Å². The number of aromatic nitrogens is 4. The van der Waals surface area contributed by atoms with E-state index in [1.807, 2.05) is 65.2 Å². The average Bonchev–Trinajstić information content (AvgIpc) is 3.19. The van der Waals surface area contributed by atoms with Crippen LogP contribution in [0.25, 0.3) is 39.2 Å². The largest absolute Gasteiger partial charge is 0.495 e. The highest BCUT2D eigenvalue weighted by Crippen LogP contribution is 2.34. The maximum Gasteiger partial charge on any atom is 0.200 e. The minimum absolute atomic E-state index is 0.497. The first-order valence-corrected chi connectivity index (χ1v) is 9.93. The van der Waals surface area contributed by atoms with E-state index in [0.29, 0.717) is 10.6 Å². The summed E-state index contributed by atoms with van der Waals surface area (Å²) in [7, 11) is 1.65. The predicted octanol–water partition coefficient (Wildman–Crippen LogP) is 5.82. The van der Waals surface area contributed by atoms with E-state index in [1.165, 1.54) is 0 Å². The van der Waals surface area contributed by atoms with Crippen LogP contribution >= 0.6 is 12.2 Å².